The number of hydrogen-bond acceptors (Lipinski definition) is 2. The molecule has 1 saturated carbocycles. The minimum absolute atomic E-state index is 0.178. The Bertz CT molecular complexity index is 403. The molecule has 1 aliphatic rings. The SMILES string of the molecule is CC(C)(C)C1CC1c1ccc([N+](=O)[O-])cc1. The van der Waals surface area contributed by atoms with E-state index in [0.717, 1.165) is 0 Å². The fourth-order valence-electron chi connectivity index (χ4n) is 2.36. The molecule has 3 nitrogen and oxygen atoms in total. The molecule has 16 heavy (non-hydrogen) atoms. The topological polar surface area (TPSA) is 43.1 Å². The van der Waals surface area contributed by atoms with Crippen LogP contribution in [0.1, 0.15) is 38.7 Å². The van der Waals surface area contributed by atoms with Crippen molar-refractivity contribution < 1.29 is 4.92 Å². The third kappa shape index (κ3) is 2.08. The molecule has 0 N–H and O–H groups in total. The number of benzene rings is 1. The molecule has 0 radical (unpaired) electrons. The third-order valence-electron chi connectivity index (χ3n) is 3.43. The quantitative estimate of drug-likeness (QED) is 0.561. The zero-order valence-corrected chi connectivity index (χ0v) is 9.93. The van der Waals surface area contributed by atoms with Crippen LogP contribution in [0.15, 0.2) is 24.3 Å². The second kappa shape index (κ2) is 3.58. The van der Waals surface area contributed by atoms with Gasteiger partial charge in [0, 0.05) is 12.1 Å². The van der Waals surface area contributed by atoms with Gasteiger partial charge in [0.25, 0.3) is 5.69 Å². The zero-order chi connectivity index (χ0) is 11.9. The van der Waals surface area contributed by atoms with Crippen LogP contribution in [0, 0.1) is 21.4 Å². The summed E-state index contributed by atoms with van der Waals surface area (Å²) in [6.45, 7) is 6.76. The molecular formula is C13H17NO2. The van der Waals surface area contributed by atoms with E-state index in [-0.39, 0.29) is 10.6 Å². The highest BCUT2D eigenvalue weighted by molar-refractivity contribution is 5.36. The third-order valence-corrected chi connectivity index (χ3v) is 3.43. The fraction of sp³-hybridized carbons (Fsp3) is 0.538. The Morgan fingerprint density at radius 3 is 2.19 bits per heavy atom. The molecule has 86 valence electrons. The van der Waals surface area contributed by atoms with Gasteiger partial charge < -0.3 is 0 Å². The molecular weight excluding hydrogens is 202 g/mol. The van der Waals surface area contributed by atoms with Crippen molar-refractivity contribution in [2.75, 3.05) is 0 Å². The van der Waals surface area contributed by atoms with E-state index < -0.39 is 0 Å². The maximum absolute atomic E-state index is 10.5. The highest BCUT2D eigenvalue weighted by Gasteiger charge is 2.45. The highest BCUT2D eigenvalue weighted by Crippen LogP contribution is 2.56. The summed E-state index contributed by atoms with van der Waals surface area (Å²) in [4.78, 5) is 10.2. The first-order valence-corrected chi connectivity index (χ1v) is 5.64. The van der Waals surface area contributed by atoms with Crippen molar-refractivity contribution in [3.05, 3.63) is 39.9 Å². The molecule has 0 aliphatic heterocycles. The first kappa shape index (κ1) is 11.1. The molecule has 2 atom stereocenters. The predicted octanol–water partition coefficient (Wildman–Crippen LogP) is 3.74. The minimum Gasteiger partial charge on any atom is -0.258 e. The lowest BCUT2D eigenvalue weighted by molar-refractivity contribution is -0.384. The van der Waals surface area contributed by atoms with Crippen molar-refractivity contribution in [3.63, 3.8) is 0 Å². The Labute approximate surface area is 95.6 Å². The Hall–Kier alpha value is -1.38. The lowest BCUT2D eigenvalue weighted by Crippen LogP contribution is -2.08. The molecule has 1 aromatic carbocycles. The summed E-state index contributed by atoms with van der Waals surface area (Å²) in [6.07, 6.45) is 1.21. The number of hydrogen-bond donors (Lipinski definition) is 0. The Morgan fingerprint density at radius 1 is 1.25 bits per heavy atom. The maximum Gasteiger partial charge on any atom is 0.269 e. The van der Waals surface area contributed by atoms with E-state index in [1.165, 1.54) is 12.0 Å². The van der Waals surface area contributed by atoms with Crippen molar-refractivity contribution >= 4 is 5.69 Å². The van der Waals surface area contributed by atoms with E-state index in [4.69, 9.17) is 0 Å². The first-order chi connectivity index (χ1) is 7.39. The van der Waals surface area contributed by atoms with Gasteiger partial charge in [-0.25, -0.2) is 0 Å². The van der Waals surface area contributed by atoms with Gasteiger partial charge >= 0.3 is 0 Å². The van der Waals surface area contributed by atoms with Crippen LogP contribution in [0.3, 0.4) is 0 Å². The average molecular weight is 219 g/mol. The molecule has 2 rings (SSSR count). The van der Waals surface area contributed by atoms with Gasteiger partial charge in [-0.05, 0) is 29.2 Å². The van der Waals surface area contributed by atoms with E-state index in [1.807, 2.05) is 12.1 Å². The Morgan fingerprint density at radius 2 is 1.81 bits per heavy atom. The summed E-state index contributed by atoms with van der Waals surface area (Å²) in [6, 6.07) is 7.00. The van der Waals surface area contributed by atoms with Crippen molar-refractivity contribution in [2.45, 2.75) is 33.1 Å². The summed E-state index contributed by atoms with van der Waals surface area (Å²) in [5.74, 6) is 1.31. The van der Waals surface area contributed by atoms with Crippen LogP contribution < -0.4 is 0 Å². The second-order valence-electron chi connectivity index (χ2n) is 5.66. The maximum atomic E-state index is 10.5. The van der Waals surface area contributed by atoms with Crippen molar-refractivity contribution in [1.82, 2.24) is 0 Å². The minimum atomic E-state index is -0.349. The number of nitro groups is 1. The van der Waals surface area contributed by atoms with Gasteiger partial charge in [-0.1, -0.05) is 32.9 Å². The molecule has 0 bridgehead atoms. The monoisotopic (exact) mass is 219 g/mol. The van der Waals surface area contributed by atoms with Crippen LogP contribution in [-0.2, 0) is 0 Å². The largest absolute Gasteiger partial charge is 0.269 e. The van der Waals surface area contributed by atoms with Gasteiger partial charge in [-0.2, -0.15) is 0 Å². The molecule has 1 aliphatic carbocycles. The standard InChI is InChI=1S/C13H17NO2/c1-13(2,3)12-8-11(12)9-4-6-10(7-5-9)14(15)16/h4-7,11-12H,8H2,1-3H3. The van der Waals surface area contributed by atoms with Crippen LogP contribution >= 0.6 is 0 Å². The second-order valence-corrected chi connectivity index (χ2v) is 5.66. The zero-order valence-electron chi connectivity index (χ0n) is 9.93. The van der Waals surface area contributed by atoms with Gasteiger partial charge in [0.1, 0.15) is 0 Å². The normalized spacial score (nSPS) is 24.2. The Kier molecular flexibility index (Phi) is 2.49. The van der Waals surface area contributed by atoms with Crippen LogP contribution in [0.4, 0.5) is 5.69 Å². The lowest BCUT2D eigenvalue weighted by atomic mass is 9.87. The Balaban J connectivity index is 2.11. The van der Waals surface area contributed by atoms with Crippen molar-refractivity contribution in [3.8, 4) is 0 Å². The number of nitro benzene ring substituents is 1. The molecule has 0 heterocycles. The van der Waals surface area contributed by atoms with Crippen molar-refractivity contribution in [1.29, 1.82) is 0 Å². The van der Waals surface area contributed by atoms with E-state index in [1.54, 1.807) is 12.1 Å². The summed E-state index contributed by atoms with van der Waals surface area (Å²) < 4.78 is 0. The molecule has 2 unspecified atom stereocenters. The molecule has 0 aromatic heterocycles. The summed E-state index contributed by atoms with van der Waals surface area (Å²) in [5, 5.41) is 10.5. The molecule has 0 spiro atoms. The van der Waals surface area contributed by atoms with E-state index in [0.29, 0.717) is 17.3 Å². The van der Waals surface area contributed by atoms with E-state index in [2.05, 4.69) is 20.8 Å². The molecule has 0 saturated heterocycles. The smallest absolute Gasteiger partial charge is 0.258 e. The fourth-order valence-corrected chi connectivity index (χ4v) is 2.36. The first-order valence-electron chi connectivity index (χ1n) is 5.64. The average Bonchev–Trinajstić information content (AvgIpc) is 2.96. The van der Waals surface area contributed by atoms with Gasteiger partial charge in [0.15, 0.2) is 0 Å². The molecule has 0 amide bonds. The number of rotatable bonds is 2. The van der Waals surface area contributed by atoms with Crippen LogP contribution in [0.2, 0.25) is 0 Å². The number of nitrogens with zero attached hydrogens (tertiary/aromatic N) is 1. The predicted molar refractivity (Wildman–Crippen MR) is 63.4 cm³/mol. The van der Waals surface area contributed by atoms with Crippen LogP contribution in [0.25, 0.3) is 0 Å². The lowest BCUT2D eigenvalue weighted by Gasteiger charge is -2.18. The van der Waals surface area contributed by atoms with Crippen molar-refractivity contribution in [2.24, 2.45) is 11.3 Å². The molecule has 3 heteroatoms. The summed E-state index contributed by atoms with van der Waals surface area (Å²) >= 11 is 0. The van der Waals surface area contributed by atoms with Gasteiger partial charge in [0.05, 0.1) is 4.92 Å². The van der Waals surface area contributed by atoms with Gasteiger partial charge in [-0.3, -0.25) is 10.1 Å². The van der Waals surface area contributed by atoms with E-state index in [9.17, 15) is 10.1 Å². The van der Waals surface area contributed by atoms with Gasteiger partial charge in [-0.15, -0.1) is 0 Å². The van der Waals surface area contributed by atoms with Crippen LogP contribution in [0.5, 0.6) is 0 Å². The summed E-state index contributed by atoms with van der Waals surface area (Å²) in [7, 11) is 0. The highest BCUT2D eigenvalue weighted by atomic mass is 16.6. The summed E-state index contributed by atoms with van der Waals surface area (Å²) in [5.41, 5.74) is 1.76. The van der Waals surface area contributed by atoms with Crippen LogP contribution in [-0.4, -0.2) is 4.92 Å². The number of non-ortho nitro benzene ring substituents is 1. The van der Waals surface area contributed by atoms with E-state index >= 15 is 0 Å². The van der Waals surface area contributed by atoms with Gasteiger partial charge in [0.2, 0.25) is 0 Å². The molecule has 1 aromatic rings. The molecule has 1 fully saturated rings.